The third-order valence-electron chi connectivity index (χ3n) is 5.79. The summed E-state index contributed by atoms with van der Waals surface area (Å²) in [7, 11) is 1.07. The van der Waals surface area contributed by atoms with Crippen LogP contribution in [0.2, 0.25) is 0 Å². The molecule has 1 unspecified atom stereocenters. The molecular formula is C25H26F6N2O4. The maximum Gasteiger partial charge on any atom is 0.416 e. The van der Waals surface area contributed by atoms with Crippen LogP contribution in [0.3, 0.4) is 0 Å². The standard InChI is InChI=1S/C25H26F6N2O4/c1-15(2)37-23(35)32-10-6-9-21(19-7-4-5-8-20(19)32)33(22(34)36-3)14-16-11-17(24(26,27)28)13-18(12-16)25(29,30)31/h4-5,7-8,11-13,15,21H,6,9-10,14H2,1-3H3. The molecule has 0 aliphatic carbocycles. The van der Waals surface area contributed by atoms with E-state index >= 15 is 0 Å². The largest absolute Gasteiger partial charge is 0.453 e. The minimum absolute atomic E-state index is 0.0329. The number of para-hydroxylation sites is 1. The number of alkyl halides is 6. The van der Waals surface area contributed by atoms with Gasteiger partial charge in [0, 0.05) is 13.1 Å². The van der Waals surface area contributed by atoms with Crippen molar-refractivity contribution in [2.45, 2.75) is 57.7 Å². The SMILES string of the molecule is COC(=O)N(Cc1cc(C(F)(F)F)cc(C(F)(F)F)c1)C1CCCN(C(=O)OC(C)C)c2ccccc21. The van der Waals surface area contributed by atoms with Gasteiger partial charge in [0.1, 0.15) is 0 Å². The maximum atomic E-state index is 13.4. The number of nitrogens with zero attached hydrogens (tertiary/aromatic N) is 2. The Balaban J connectivity index is 2.07. The molecule has 1 aliphatic heterocycles. The molecule has 0 radical (unpaired) electrons. The predicted octanol–water partition coefficient (Wildman–Crippen LogP) is 7.18. The van der Waals surface area contributed by atoms with Crippen LogP contribution in [0, 0.1) is 0 Å². The van der Waals surface area contributed by atoms with Gasteiger partial charge in [-0.15, -0.1) is 0 Å². The van der Waals surface area contributed by atoms with Crippen LogP contribution in [-0.4, -0.2) is 36.8 Å². The molecule has 6 nitrogen and oxygen atoms in total. The van der Waals surface area contributed by atoms with Crippen molar-refractivity contribution in [2.24, 2.45) is 0 Å². The van der Waals surface area contributed by atoms with Crippen molar-refractivity contribution in [1.82, 2.24) is 4.90 Å². The highest BCUT2D eigenvalue weighted by Gasteiger charge is 2.38. The number of anilines is 1. The summed E-state index contributed by atoms with van der Waals surface area (Å²) in [6.07, 6.45) is -11.4. The number of methoxy groups -OCH3 is 1. The number of benzene rings is 2. The van der Waals surface area contributed by atoms with E-state index in [9.17, 15) is 35.9 Å². The zero-order valence-electron chi connectivity index (χ0n) is 20.3. The first-order valence-electron chi connectivity index (χ1n) is 11.4. The van der Waals surface area contributed by atoms with E-state index in [1.165, 1.54) is 4.90 Å². The zero-order valence-corrected chi connectivity index (χ0v) is 20.3. The van der Waals surface area contributed by atoms with Gasteiger partial charge < -0.3 is 9.47 Å². The molecule has 1 heterocycles. The molecule has 12 heteroatoms. The van der Waals surface area contributed by atoms with E-state index in [1.54, 1.807) is 38.1 Å². The lowest BCUT2D eigenvalue weighted by atomic mass is 9.98. The molecule has 2 amide bonds. The number of rotatable bonds is 4. The second-order valence-electron chi connectivity index (χ2n) is 8.81. The fourth-order valence-electron chi connectivity index (χ4n) is 4.24. The van der Waals surface area contributed by atoms with Gasteiger partial charge in [-0.25, -0.2) is 9.59 Å². The number of hydrogen-bond acceptors (Lipinski definition) is 4. The monoisotopic (exact) mass is 532 g/mol. The molecule has 0 spiro atoms. The Morgan fingerprint density at radius 2 is 1.62 bits per heavy atom. The molecule has 2 aromatic rings. The average molecular weight is 532 g/mol. The van der Waals surface area contributed by atoms with E-state index in [4.69, 9.17) is 9.47 Å². The number of ether oxygens (including phenoxy) is 2. The van der Waals surface area contributed by atoms with Gasteiger partial charge in [0.05, 0.1) is 36.1 Å². The second-order valence-corrected chi connectivity index (χ2v) is 8.81. The van der Waals surface area contributed by atoms with E-state index in [0.717, 1.165) is 12.0 Å². The summed E-state index contributed by atoms with van der Waals surface area (Å²) in [6.45, 7) is 3.02. The molecule has 0 saturated carbocycles. The fraction of sp³-hybridized carbons (Fsp3) is 0.440. The molecule has 0 N–H and O–H groups in total. The van der Waals surface area contributed by atoms with E-state index in [0.29, 0.717) is 29.8 Å². The summed E-state index contributed by atoms with van der Waals surface area (Å²) < 4.78 is 90.5. The number of hydrogen-bond donors (Lipinski definition) is 0. The third kappa shape index (κ3) is 6.66. The summed E-state index contributed by atoms with van der Waals surface area (Å²) in [5.74, 6) is 0. The van der Waals surface area contributed by atoms with Gasteiger partial charge in [-0.2, -0.15) is 26.3 Å². The molecule has 0 fully saturated rings. The van der Waals surface area contributed by atoms with E-state index in [1.807, 2.05) is 0 Å². The number of halogens is 6. The molecule has 0 saturated heterocycles. The highest BCUT2D eigenvalue weighted by molar-refractivity contribution is 5.89. The summed E-state index contributed by atoms with van der Waals surface area (Å²) in [6, 6.07) is 7.00. The molecule has 202 valence electrons. The van der Waals surface area contributed by atoms with Gasteiger partial charge in [0.25, 0.3) is 0 Å². The zero-order chi connectivity index (χ0) is 27.5. The highest BCUT2D eigenvalue weighted by atomic mass is 19.4. The van der Waals surface area contributed by atoms with Crippen molar-refractivity contribution in [2.75, 3.05) is 18.6 Å². The summed E-state index contributed by atoms with van der Waals surface area (Å²) in [5.41, 5.74) is -2.43. The van der Waals surface area contributed by atoms with Crippen LogP contribution in [0.5, 0.6) is 0 Å². The number of amides is 2. The summed E-state index contributed by atoms with van der Waals surface area (Å²) >= 11 is 0. The van der Waals surface area contributed by atoms with Gasteiger partial charge in [-0.05, 0) is 62.1 Å². The molecule has 2 aromatic carbocycles. The third-order valence-corrected chi connectivity index (χ3v) is 5.79. The fourth-order valence-corrected chi connectivity index (χ4v) is 4.24. The smallest absolute Gasteiger partial charge is 0.416 e. The first-order chi connectivity index (χ1) is 17.2. The van der Waals surface area contributed by atoms with Crippen molar-refractivity contribution in [3.8, 4) is 0 Å². The Morgan fingerprint density at radius 3 is 2.16 bits per heavy atom. The lowest BCUT2D eigenvalue weighted by Gasteiger charge is -2.32. The average Bonchev–Trinajstić information content (AvgIpc) is 3.00. The first-order valence-corrected chi connectivity index (χ1v) is 11.4. The lowest BCUT2D eigenvalue weighted by molar-refractivity contribution is -0.143. The van der Waals surface area contributed by atoms with Gasteiger partial charge in [-0.3, -0.25) is 9.80 Å². The molecule has 1 atom stereocenters. The van der Waals surface area contributed by atoms with Crippen molar-refractivity contribution in [3.05, 3.63) is 64.7 Å². The topological polar surface area (TPSA) is 59.1 Å². The Morgan fingerprint density at radius 1 is 1.03 bits per heavy atom. The normalized spacial score (nSPS) is 16.2. The first kappa shape index (κ1) is 28.1. The molecule has 1 aliphatic rings. The van der Waals surface area contributed by atoms with Gasteiger partial charge in [-0.1, -0.05) is 18.2 Å². The Bertz CT molecular complexity index is 1100. The Kier molecular flexibility index (Phi) is 8.28. The molecule has 0 aromatic heterocycles. The maximum absolute atomic E-state index is 13.4. The Labute approximate surface area is 209 Å². The number of fused-ring (bicyclic) bond motifs is 1. The highest BCUT2D eigenvalue weighted by Crippen LogP contribution is 2.40. The molecule has 37 heavy (non-hydrogen) atoms. The van der Waals surface area contributed by atoms with Crippen LogP contribution < -0.4 is 4.90 Å². The van der Waals surface area contributed by atoms with Crippen LogP contribution in [0.1, 0.15) is 55.0 Å². The van der Waals surface area contributed by atoms with Crippen LogP contribution in [0.15, 0.2) is 42.5 Å². The van der Waals surface area contributed by atoms with Crippen molar-refractivity contribution in [3.63, 3.8) is 0 Å². The van der Waals surface area contributed by atoms with E-state index in [2.05, 4.69) is 0 Å². The summed E-state index contributed by atoms with van der Waals surface area (Å²) in [5, 5.41) is 0. The van der Waals surface area contributed by atoms with Gasteiger partial charge in [0.2, 0.25) is 0 Å². The second kappa shape index (κ2) is 10.9. The minimum atomic E-state index is -5.03. The van der Waals surface area contributed by atoms with Crippen LogP contribution in [0.4, 0.5) is 41.6 Å². The van der Waals surface area contributed by atoms with Crippen LogP contribution in [-0.2, 0) is 28.4 Å². The van der Waals surface area contributed by atoms with Gasteiger partial charge in [0.15, 0.2) is 0 Å². The quantitative estimate of drug-likeness (QED) is 0.392. The predicted molar refractivity (Wildman–Crippen MR) is 122 cm³/mol. The van der Waals surface area contributed by atoms with Crippen LogP contribution >= 0.6 is 0 Å². The van der Waals surface area contributed by atoms with Gasteiger partial charge >= 0.3 is 24.5 Å². The molecule has 0 bridgehead atoms. The molecule has 3 rings (SSSR count). The summed E-state index contributed by atoms with van der Waals surface area (Å²) in [4.78, 5) is 28.0. The van der Waals surface area contributed by atoms with Crippen LogP contribution in [0.25, 0.3) is 0 Å². The number of carbonyl (C=O) groups excluding carboxylic acids is 2. The van der Waals surface area contributed by atoms with Crippen molar-refractivity contribution in [1.29, 1.82) is 0 Å². The molecular weight excluding hydrogens is 506 g/mol. The van der Waals surface area contributed by atoms with Crippen molar-refractivity contribution < 1.29 is 45.4 Å². The van der Waals surface area contributed by atoms with E-state index < -0.39 is 54.4 Å². The van der Waals surface area contributed by atoms with E-state index in [-0.39, 0.29) is 24.6 Å². The lowest BCUT2D eigenvalue weighted by Crippen LogP contribution is -2.35. The van der Waals surface area contributed by atoms with Crippen molar-refractivity contribution >= 4 is 17.9 Å². The minimum Gasteiger partial charge on any atom is -0.453 e. The number of carbonyl (C=O) groups is 2. The Hall–Kier alpha value is -3.44.